The first-order chi connectivity index (χ1) is 5.44. The molecular formula is C10H22N2. The molecule has 0 atom stereocenters. The van der Waals surface area contributed by atoms with Crippen LogP contribution in [0.1, 0.15) is 27.2 Å². The van der Waals surface area contributed by atoms with Crippen LogP contribution in [0.3, 0.4) is 0 Å². The van der Waals surface area contributed by atoms with Gasteiger partial charge in [0, 0.05) is 18.6 Å². The zero-order chi connectivity index (χ0) is 9.78. The zero-order valence-corrected chi connectivity index (χ0v) is 8.85. The molecule has 0 aromatic rings. The van der Waals surface area contributed by atoms with Crippen molar-refractivity contribution in [2.75, 3.05) is 20.1 Å². The van der Waals surface area contributed by atoms with E-state index in [-0.39, 0.29) is 5.54 Å². The number of hydrogen-bond donors (Lipinski definition) is 1. The predicted octanol–water partition coefficient (Wildman–Crippen LogP) is 1.62. The summed E-state index contributed by atoms with van der Waals surface area (Å²) >= 11 is 0. The summed E-state index contributed by atoms with van der Waals surface area (Å²) < 4.78 is 0. The molecule has 0 spiro atoms. The van der Waals surface area contributed by atoms with E-state index in [2.05, 4.69) is 39.3 Å². The summed E-state index contributed by atoms with van der Waals surface area (Å²) in [5.74, 6) is 0. The molecule has 0 aromatic heterocycles. The van der Waals surface area contributed by atoms with Crippen LogP contribution in [0.25, 0.3) is 0 Å². The SMILES string of the molecule is C=C(CN)CN(C)C(C)(C)CC. The van der Waals surface area contributed by atoms with Gasteiger partial charge in [0.1, 0.15) is 0 Å². The van der Waals surface area contributed by atoms with Crippen LogP contribution in [-0.2, 0) is 0 Å². The van der Waals surface area contributed by atoms with Crippen molar-refractivity contribution in [3.8, 4) is 0 Å². The highest BCUT2D eigenvalue weighted by atomic mass is 15.2. The molecule has 0 fully saturated rings. The molecule has 0 unspecified atom stereocenters. The topological polar surface area (TPSA) is 29.3 Å². The lowest BCUT2D eigenvalue weighted by molar-refractivity contribution is 0.164. The molecule has 72 valence electrons. The minimum atomic E-state index is 0.248. The molecule has 0 saturated heterocycles. The maximum Gasteiger partial charge on any atom is 0.0205 e. The first-order valence-corrected chi connectivity index (χ1v) is 4.52. The van der Waals surface area contributed by atoms with Gasteiger partial charge in [-0.25, -0.2) is 0 Å². The van der Waals surface area contributed by atoms with E-state index in [1.165, 1.54) is 0 Å². The highest BCUT2D eigenvalue weighted by Crippen LogP contribution is 2.16. The van der Waals surface area contributed by atoms with E-state index < -0.39 is 0 Å². The van der Waals surface area contributed by atoms with Crippen LogP contribution in [0.4, 0.5) is 0 Å². The van der Waals surface area contributed by atoms with Gasteiger partial charge in [-0.2, -0.15) is 0 Å². The lowest BCUT2D eigenvalue weighted by Gasteiger charge is -2.35. The highest BCUT2D eigenvalue weighted by molar-refractivity contribution is 5.00. The molecule has 0 aliphatic rings. The summed E-state index contributed by atoms with van der Waals surface area (Å²) in [6.07, 6.45) is 1.14. The lowest BCUT2D eigenvalue weighted by atomic mass is 9.99. The fourth-order valence-corrected chi connectivity index (χ4v) is 0.884. The third-order valence-electron chi connectivity index (χ3n) is 2.65. The second-order valence-electron chi connectivity index (χ2n) is 3.98. The number of likely N-dealkylation sites (N-methyl/N-ethyl adjacent to an activating group) is 1. The minimum absolute atomic E-state index is 0.248. The molecule has 0 rings (SSSR count). The van der Waals surface area contributed by atoms with Crippen LogP contribution in [0, 0.1) is 0 Å². The third-order valence-corrected chi connectivity index (χ3v) is 2.65. The first-order valence-electron chi connectivity index (χ1n) is 4.52. The molecule has 0 aliphatic carbocycles. The Bertz CT molecular complexity index is 150. The second kappa shape index (κ2) is 4.63. The normalized spacial score (nSPS) is 12.2. The van der Waals surface area contributed by atoms with E-state index in [1.807, 2.05) is 0 Å². The van der Waals surface area contributed by atoms with Crippen LogP contribution in [0.5, 0.6) is 0 Å². The van der Waals surface area contributed by atoms with Gasteiger partial charge in [-0.3, -0.25) is 4.90 Å². The average Bonchev–Trinajstić information content (AvgIpc) is 2.04. The Morgan fingerprint density at radius 2 is 2.00 bits per heavy atom. The molecule has 0 radical (unpaired) electrons. The van der Waals surface area contributed by atoms with Crippen molar-refractivity contribution >= 4 is 0 Å². The maximum absolute atomic E-state index is 5.48. The largest absolute Gasteiger partial charge is 0.327 e. The summed E-state index contributed by atoms with van der Waals surface area (Å²) in [5.41, 5.74) is 6.82. The smallest absolute Gasteiger partial charge is 0.0205 e. The Hall–Kier alpha value is -0.340. The number of hydrogen-bond acceptors (Lipinski definition) is 2. The molecule has 0 amide bonds. The highest BCUT2D eigenvalue weighted by Gasteiger charge is 2.20. The van der Waals surface area contributed by atoms with Gasteiger partial charge >= 0.3 is 0 Å². The Balaban J connectivity index is 4.02. The molecule has 2 nitrogen and oxygen atoms in total. The van der Waals surface area contributed by atoms with Crippen molar-refractivity contribution in [1.82, 2.24) is 4.90 Å². The molecule has 2 N–H and O–H groups in total. The van der Waals surface area contributed by atoms with Crippen LogP contribution in [0.2, 0.25) is 0 Å². The fraction of sp³-hybridized carbons (Fsp3) is 0.800. The Morgan fingerprint density at radius 1 is 1.50 bits per heavy atom. The van der Waals surface area contributed by atoms with Crippen molar-refractivity contribution in [3.63, 3.8) is 0 Å². The van der Waals surface area contributed by atoms with E-state index in [0.29, 0.717) is 6.54 Å². The van der Waals surface area contributed by atoms with Crippen molar-refractivity contribution < 1.29 is 0 Å². The van der Waals surface area contributed by atoms with Gasteiger partial charge in [-0.1, -0.05) is 13.5 Å². The van der Waals surface area contributed by atoms with E-state index in [9.17, 15) is 0 Å². The quantitative estimate of drug-likeness (QED) is 0.635. The molecule has 0 aliphatic heterocycles. The van der Waals surface area contributed by atoms with E-state index in [4.69, 9.17) is 5.73 Å². The lowest BCUT2D eigenvalue weighted by Crippen LogP contribution is -2.42. The molecule has 0 saturated carbocycles. The van der Waals surface area contributed by atoms with Gasteiger partial charge in [0.2, 0.25) is 0 Å². The standard InChI is InChI=1S/C10H22N2/c1-6-10(3,4)12(5)8-9(2)7-11/h2,6-8,11H2,1,3-5H3. The number of rotatable bonds is 5. The molecule has 0 bridgehead atoms. The molecule has 0 heterocycles. The first kappa shape index (κ1) is 11.7. The van der Waals surface area contributed by atoms with Gasteiger partial charge in [-0.15, -0.1) is 0 Å². The number of nitrogens with two attached hydrogens (primary N) is 1. The second-order valence-corrected chi connectivity index (χ2v) is 3.98. The van der Waals surface area contributed by atoms with Crippen molar-refractivity contribution in [1.29, 1.82) is 0 Å². The monoisotopic (exact) mass is 170 g/mol. The van der Waals surface area contributed by atoms with E-state index in [1.54, 1.807) is 0 Å². The summed E-state index contributed by atoms with van der Waals surface area (Å²) in [4.78, 5) is 2.29. The number of nitrogens with zero attached hydrogens (tertiary/aromatic N) is 1. The average molecular weight is 170 g/mol. The van der Waals surface area contributed by atoms with Gasteiger partial charge < -0.3 is 5.73 Å². The van der Waals surface area contributed by atoms with Gasteiger partial charge in [-0.05, 0) is 32.9 Å². The minimum Gasteiger partial charge on any atom is -0.327 e. The summed E-state index contributed by atoms with van der Waals surface area (Å²) in [6, 6.07) is 0. The fourth-order valence-electron chi connectivity index (χ4n) is 0.884. The van der Waals surface area contributed by atoms with Crippen LogP contribution in [-0.4, -0.2) is 30.6 Å². The van der Waals surface area contributed by atoms with Gasteiger partial charge in [0.25, 0.3) is 0 Å². The maximum atomic E-state index is 5.48. The van der Waals surface area contributed by atoms with Crippen molar-refractivity contribution in [2.24, 2.45) is 5.73 Å². The molecular weight excluding hydrogens is 148 g/mol. The van der Waals surface area contributed by atoms with Gasteiger partial charge in [0.05, 0.1) is 0 Å². The van der Waals surface area contributed by atoms with Crippen LogP contribution < -0.4 is 5.73 Å². The Kier molecular flexibility index (Phi) is 4.50. The van der Waals surface area contributed by atoms with E-state index >= 15 is 0 Å². The predicted molar refractivity (Wildman–Crippen MR) is 55.2 cm³/mol. The Labute approximate surface area is 76.4 Å². The molecule has 2 heteroatoms. The summed E-state index contributed by atoms with van der Waals surface area (Å²) in [6.45, 7) is 12.0. The van der Waals surface area contributed by atoms with Crippen LogP contribution in [0.15, 0.2) is 12.2 Å². The summed E-state index contributed by atoms with van der Waals surface area (Å²) in [7, 11) is 2.12. The summed E-state index contributed by atoms with van der Waals surface area (Å²) in [5, 5.41) is 0. The Morgan fingerprint density at radius 3 is 2.33 bits per heavy atom. The van der Waals surface area contributed by atoms with Gasteiger partial charge in [0.15, 0.2) is 0 Å². The zero-order valence-electron chi connectivity index (χ0n) is 8.85. The van der Waals surface area contributed by atoms with Crippen molar-refractivity contribution in [2.45, 2.75) is 32.7 Å². The van der Waals surface area contributed by atoms with Crippen molar-refractivity contribution in [3.05, 3.63) is 12.2 Å². The van der Waals surface area contributed by atoms with E-state index in [0.717, 1.165) is 18.5 Å². The van der Waals surface area contributed by atoms with Crippen LogP contribution >= 0.6 is 0 Å². The molecule has 0 aromatic carbocycles. The third kappa shape index (κ3) is 3.37. The molecule has 12 heavy (non-hydrogen) atoms.